The van der Waals surface area contributed by atoms with Crippen LogP contribution in [0.4, 0.5) is 0 Å². The second kappa shape index (κ2) is 15.5. The van der Waals surface area contributed by atoms with Crippen LogP contribution in [0.2, 0.25) is 0 Å². The molecule has 5 aromatic rings. The van der Waals surface area contributed by atoms with Gasteiger partial charge in [0.15, 0.2) is 5.69 Å². The van der Waals surface area contributed by atoms with Crippen LogP contribution >= 0.6 is 11.3 Å². The van der Waals surface area contributed by atoms with Gasteiger partial charge in [0.2, 0.25) is 27.7 Å². The fraction of sp³-hybridized carbons (Fsp3) is 0.405. The van der Waals surface area contributed by atoms with Crippen molar-refractivity contribution < 1.29 is 36.9 Å². The van der Waals surface area contributed by atoms with E-state index in [-0.39, 0.29) is 31.0 Å². The molecule has 5 heterocycles. The van der Waals surface area contributed by atoms with E-state index < -0.39 is 68.5 Å². The molecule has 0 spiro atoms. The molecule has 4 amide bonds. The molecule has 3 aromatic heterocycles. The molecular formula is C42H43N7O8S2. The Morgan fingerprint density at radius 3 is 2.54 bits per heavy atom. The summed E-state index contributed by atoms with van der Waals surface area (Å²) in [5.41, 5.74) is 0.271. The number of carbonyl (C=O) groups is 4. The van der Waals surface area contributed by atoms with Gasteiger partial charge in [-0.25, -0.2) is 18.4 Å². The number of aromatic nitrogens is 3. The lowest BCUT2D eigenvalue weighted by Crippen LogP contribution is -2.58. The lowest BCUT2D eigenvalue weighted by molar-refractivity contribution is -0.141. The molecule has 2 aromatic carbocycles. The van der Waals surface area contributed by atoms with Crippen molar-refractivity contribution in [3.8, 4) is 16.5 Å². The van der Waals surface area contributed by atoms with Crippen LogP contribution < -0.4 is 20.1 Å². The van der Waals surface area contributed by atoms with Gasteiger partial charge in [-0.05, 0) is 75.1 Å². The Labute approximate surface area is 344 Å². The summed E-state index contributed by atoms with van der Waals surface area (Å²) < 4.78 is 41.0. The van der Waals surface area contributed by atoms with Crippen molar-refractivity contribution in [3.05, 3.63) is 84.3 Å². The molecular weight excluding hydrogens is 795 g/mol. The number of ether oxygens (including phenoxy) is 1. The monoisotopic (exact) mass is 837 g/mol. The van der Waals surface area contributed by atoms with E-state index in [9.17, 15) is 27.6 Å². The Kier molecular flexibility index (Phi) is 10.2. The normalized spacial score (nSPS) is 25.6. The number of nitrogens with zero attached hydrogens (tertiary/aromatic N) is 4. The van der Waals surface area contributed by atoms with E-state index in [1.165, 1.54) is 11.0 Å². The molecule has 5 atom stereocenters. The van der Waals surface area contributed by atoms with E-state index in [4.69, 9.17) is 19.2 Å². The van der Waals surface area contributed by atoms with Gasteiger partial charge in [-0.15, -0.1) is 11.3 Å². The van der Waals surface area contributed by atoms with Gasteiger partial charge in [0, 0.05) is 23.1 Å². The number of hydrogen-bond acceptors (Lipinski definition) is 12. The quantitative estimate of drug-likeness (QED) is 0.178. The molecule has 3 N–H and O–H groups in total. The number of thiophene rings is 1. The van der Waals surface area contributed by atoms with E-state index >= 15 is 0 Å². The van der Waals surface area contributed by atoms with Crippen molar-refractivity contribution in [2.75, 3.05) is 6.54 Å². The summed E-state index contributed by atoms with van der Waals surface area (Å²) in [6.07, 6.45) is 7.29. The zero-order valence-corrected chi connectivity index (χ0v) is 33.9. The molecule has 3 fully saturated rings. The summed E-state index contributed by atoms with van der Waals surface area (Å²) in [4.78, 5) is 68.7. The Bertz CT molecular complexity index is 2590. The molecule has 2 saturated carbocycles. The number of nitrogens with one attached hydrogen (secondary N) is 3. The van der Waals surface area contributed by atoms with Crippen LogP contribution in [0.15, 0.2) is 77.3 Å². The number of carbonyl (C=O) groups excluding carboxylic acids is 4. The molecule has 0 radical (unpaired) electrons. The fourth-order valence-electron chi connectivity index (χ4n) is 8.04. The number of hydrogen-bond donors (Lipinski definition) is 3. The van der Waals surface area contributed by atoms with Crippen molar-refractivity contribution >= 4 is 66.1 Å². The Morgan fingerprint density at radius 2 is 1.78 bits per heavy atom. The second-order valence-electron chi connectivity index (χ2n) is 15.9. The first kappa shape index (κ1) is 38.8. The number of amides is 4. The summed E-state index contributed by atoms with van der Waals surface area (Å²) in [7, 11) is -3.92. The van der Waals surface area contributed by atoms with Crippen LogP contribution in [0.5, 0.6) is 5.88 Å². The van der Waals surface area contributed by atoms with Gasteiger partial charge in [-0.2, -0.15) is 0 Å². The number of sulfonamides is 1. The summed E-state index contributed by atoms with van der Waals surface area (Å²) in [6.45, 7) is 1.61. The van der Waals surface area contributed by atoms with Crippen molar-refractivity contribution in [3.63, 3.8) is 0 Å². The molecule has 0 unspecified atom stereocenters. The van der Waals surface area contributed by atoms with Gasteiger partial charge in [-0.1, -0.05) is 60.5 Å². The topological polar surface area (TPSA) is 203 Å². The van der Waals surface area contributed by atoms with Crippen molar-refractivity contribution in [1.29, 1.82) is 0 Å². The van der Waals surface area contributed by atoms with Crippen LogP contribution in [0.3, 0.4) is 0 Å². The van der Waals surface area contributed by atoms with Crippen LogP contribution in [0, 0.1) is 12.8 Å². The fourth-order valence-corrected chi connectivity index (χ4v) is 10.4. The number of aryl methyl sites for hydroxylation is 1. The third-order valence-electron chi connectivity index (χ3n) is 11.5. The summed E-state index contributed by atoms with van der Waals surface area (Å²) >= 11 is 1.54. The molecule has 17 heteroatoms. The molecule has 59 heavy (non-hydrogen) atoms. The summed E-state index contributed by atoms with van der Waals surface area (Å²) in [5, 5.41) is 9.97. The average Bonchev–Trinajstić information content (AvgIpc) is 4.04. The number of fused-ring (bicyclic) bond motifs is 4. The highest BCUT2D eigenvalue weighted by atomic mass is 32.2. The maximum Gasteiger partial charge on any atom is 0.274 e. The minimum atomic E-state index is -3.92. The molecule has 15 nitrogen and oxygen atoms in total. The predicted octanol–water partition coefficient (Wildman–Crippen LogP) is 4.96. The molecule has 306 valence electrons. The van der Waals surface area contributed by atoms with E-state index in [1.807, 2.05) is 66.7 Å². The highest BCUT2D eigenvalue weighted by Gasteiger charge is 2.62. The molecule has 1 saturated heterocycles. The zero-order valence-electron chi connectivity index (χ0n) is 32.3. The molecule has 2 aliphatic carbocycles. The largest absolute Gasteiger partial charge is 0.471 e. The SMILES string of the molecule is Cc1cc(C(=O)N[C@H]2CCCCC/C=C\[C@@H]3C[C@@]3(C(=O)NS(=O)(=O)C3CC3)NC(=O)[C@@H]3C[C@@H](Oc4nc5ccccc5nc4-c4cc5ccccc5s4)CN3C2=O)no1. The Balaban J connectivity index is 1.06. The first-order chi connectivity index (χ1) is 28.5. The van der Waals surface area contributed by atoms with Crippen LogP contribution in [0.1, 0.15) is 74.0 Å². The molecule has 9 rings (SSSR count). The molecule has 2 aliphatic heterocycles. The van der Waals surface area contributed by atoms with Gasteiger partial charge < -0.3 is 24.8 Å². The highest BCUT2D eigenvalue weighted by Crippen LogP contribution is 2.46. The van der Waals surface area contributed by atoms with Gasteiger partial charge in [-0.3, -0.25) is 23.9 Å². The first-order valence-electron chi connectivity index (χ1n) is 20.0. The van der Waals surface area contributed by atoms with Gasteiger partial charge in [0.25, 0.3) is 11.8 Å². The second-order valence-corrected chi connectivity index (χ2v) is 18.9. The number of allylic oxidation sites excluding steroid dienone is 1. The maximum atomic E-state index is 14.8. The van der Waals surface area contributed by atoms with E-state index in [0.29, 0.717) is 54.6 Å². The number of rotatable bonds is 8. The number of benzene rings is 2. The zero-order chi connectivity index (χ0) is 40.9. The third-order valence-corrected chi connectivity index (χ3v) is 14.4. The van der Waals surface area contributed by atoms with E-state index in [1.54, 1.807) is 18.3 Å². The first-order valence-corrected chi connectivity index (χ1v) is 22.4. The molecule has 4 aliphatic rings. The van der Waals surface area contributed by atoms with Crippen molar-refractivity contribution in [2.45, 2.75) is 93.7 Å². The van der Waals surface area contributed by atoms with E-state index in [2.05, 4.69) is 20.5 Å². The standard InChI is InChI=1S/C42H43N7O8S2/c1-24-19-32(47-57-24)37(50)44-31-15-6-4-2-3-5-12-26-22-42(26,41(53)48-59(54,55)28-17-18-28)46-38(51)33-21-27(23-49(33)40(31)52)56-39-36(43-29-13-8-9-14-30(29)45-39)35-20-25-11-7-10-16-34(25)58-35/h5,7-14,16,19-20,26-28,31,33H,2-4,6,15,17-18,21-23H2,1H3,(H,44,50)(H,46,51)(H,48,53)/b12-5-/t26-,27-,31+,33+,42-/m1/s1. The smallest absolute Gasteiger partial charge is 0.274 e. The maximum absolute atomic E-state index is 14.8. The van der Waals surface area contributed by atoms with Crippen LogP contribution in [0.25, 0.3) is 31.7 Å². The van der Waals surface area contributed by atoms with Gasteiger partial charge >= 0.3 is 0 Å². The lowest BCUT2D eigenvalue weighted by atomic mass is 10.0. The van der Waals surface area contributed by atoms with E-state index in [0.717, 1.165) is 27.8 Å². The van der Waals surface area contributed by atoms with Crippen LogP contribution in [-0.2, 0) is 24.4 Å². The summed E-state index contributed by atoms with van der Waals surface area (Å²) in [6, 6.07) is 16.7. The lowest BCUT2D eigenvalue weighted by Gasteiger charge is -2.29. The minimum absolute atomic E-state index is 0.0136. The third kappa shape index (κ3) is 7.92. The summed E-state index contributed by atoms with van der Waals surface area (Å²) in [5.74, 6) is -2.32. The van der Waals surface area contributed by atoms with Crippen molar-refractivity contribution in [2.24, 2.45) is 5.92 Å². The van der Waals surface area contributed by atoms with Gasteiger partial charge in [0.1, 0.15) is 35.2 Å². The highest BCUT2D eigenvalue weighted by molar-refractivity contribution is 7.91. The predicted molar refractivity (Wildman–Crippen MR) is 219 cm³/mol. The van der Waals surface area contributed by atoms with Gasteiger partial charge in [0.05, 0.1) is 27.7 Å². The van der Waals surface area contributed by atoms with Crippen molar-refractivity contribution in [1.82, 2.24) is 35.4 Å². The Morgan fingerprint density at radius 1 is 1.00 bits per heavy atom. The Hall–Kier alpha value is -5.68. The average molecular weight is 838 g/mol. The van der Waals surface area contributed by atoms with Crippen LogP contribution in [-0.4, -0.2) is 87.6 Å². The number of para-hydroxylation sites is 2. The molecule has 0 bridgehead atoms. The minimum Gasteiger partial charge on any atom is -0.471 e.